The molecule has 5 nitrogen and oxygen atoms in total. The highest BCUT2D eigenvalue weighted by molar-refractivity contribution is 6.22. The molecule has 2 saturated heterocycles. The monoisotopic (exact) mass is 382 g/mol. The molecule has 1 unspecified atom stereocenters. The maximum atomic E-state index is 13.1. The summed E-state index contributed by atoms with van der Waals surface area (Å²) in [6.07, 6.45) is 2.00. The Kier molecular flexibility index (Phi) is 5.13. The zero-order valence-corrected chi connectivity index (χ0v) is 15.8. The molecule has 2 heterocycles. The lowest BCUT2D eigenvalue weighted by atomic mass is 9.89. The van der Waals surface area contributed by atoms with Crippen LogP contribution in [0.15, 0.2) is 48.5 Å². The van der Waals surface area contributed by atoms with Gasteiger partial charge >= 0.3 is 0 Å². The Morgan fingerprint density at radius 3 is 2.21 bits per heavy atom. The molecule has 0 bridgehead atoms. The molecule has 2 aliphatic rings. The molecular weight excluding hydrogens is 359 g/mol. The van der Waals surface area contributed by atoms with Gasteiger partial charge in [-0.05, 0) is 73.8 Å². The first-order chi connectivity index (χ1) is 13.6. The van der Waals surface area contributed by atoms with Crippen molar-refractivity contribution in [1.29, 1.82) is 0 Å². The molecule has 2 aliphatic heterocycles. The second-order valence-corrected chi connectivity index (χ2v) is 7.35. The van der Waals surface area contributed by atoms with E-state index in [-0.39, 0.29) is 24.1 Å². The number of hydrogen-bond donors (Lipinski definition) is 0. The van der Waals surface area contributed by atoms with Gasteiger partial charge in [-0.15, -0.1) is 0 Å². The van der Waals surface area contributed by atoms with E-state index in [4.69, 9.17) is 4.74 Å². The normalized spacial score (nSPS) is 21.4. The SMILES string of the molecule is COc1ccc(N2C(=O)CC(N3CCC(c4ccc(F)cc4)CC3)C2=O)cc1. The molecule has 0 radical (unpaired) electrons. The van der Waals surface area contributed by atoms with Gasteiger partial charge in [0.15, 0.2) is 0 Å². The van der Waals surface area contributed by atoms with Crippen LogP contribution in [-0.4, -0.2) is 43.0 Å². The number of imide groups is 1. The van der Waals surface area contributed by atoms with Gasteiger partial charge in [-0.25, -0.2) is 9.29 Å². The number of nitrogens with zero attached hydrogens (tertiary/aromatic N) is 2. The summed E-state index contributed by atoms with van der Waals surface area (Å²) in [7, 11) is 1.58. The first-order valence-corrected chi connectivity index (χ1v) is 9.57. The third kappa shape index (κ3) is 3.52. The van der Waals surface area contributed by atoms with E-state index in [2.05, 4.69) is 4.90 Å². The van der Waals surface area contributed by atoms with Gasteiger partial charge < -0.3 is 4.74 Å². The number of ether oxygens (including phenoxy) is 1. The van der Waals surface area contributed by atoms with E-state index in [1.807, 2.05) is 12.1 Å². The summed E-state index contributed by atoms with van der Waals surface area (Å²) in [5.74, 6) is 0.495. The lowest BCUT2D eigenvalue weighted by Crippen LogP contribution is -2.45. The van der Waals surface area contributed by atoms with E-state index >= 15 is 0 Å². The summed E-state index contributed by atoms with van der Waals surface area (Å²) in [5, 5.41) is 0. The fourth-order valence-corrected chi connectivity index (χ4v) is 4.18. The molecule has 146 valence electrons. The minimum absolute atomic E-state index is 0.157. The highest BCUT2D eigenvalue weighted by atomic mass is 19.1. The number of halogens is 1. The predicted molar refractivity (Wildman–Crippen MR) is 104 cm³/mol. The van der Waals surface area contributed by atoms with Crippen LogP contribution >= 0.6 is 0 Å². The smallest absolute Gasteiger partial charge is 0.251 e. The largest absolute Gasteiger partial charge is 0.497 e. The Labute approximate surface area is 163 Å². The van der Waals surface area contributed by atoms with Crippen molar-refractivity contribution in [1.82, 2.24) is 4.90 Å². The molecule has 28 heavy (non-hydrogen) atoms. The van der Waals surface area contributed by atoms with Crippen LogP contribution in [0.2, 0.25) is 0 Å². The fraction of sp³-hybridized carbons (Fsp3) is 0.364. The van der Waals surface area contributed by atoms with Gasteiger partial charge in [0.25, 0.3) is 5.91 Å². The number of benzene rings is 2. The Bertz CT molecular complexity index is 858. The van der Waals surface area contributed by atoms with E-state index < -0.39 is 6.04 Å². The fourth-order valence-electron chi connectivity index (χ4n) is 4.18. The molecular formula is C22H23FN2O3. The summed E-state index contributed by atoms with van der Waals surface area (Å²) in [4.78, 5) is 28.9. The van der Waals surface area contributed by atoms with Gasteiger partial charge in [0.1, 0.15) is 11.6 Å². The molecule has 2 amide bonds. The van der Waals surface area contributed by atoms with Crippen molar-refractivity contribution < 1.29 is 18.7 Å². The van der Waals surface area contributed by atoms with Crippen LogP contribution in [0.3, 0.4) is 0 Å². The summed E-state index contributed by atoms with van der Waals surface area (Å²) in [6, 6.07) is 13.2. The van der Waals surface area contributed by atoms with Gasteiger partial charge in [-0.1, -0.05) is 12.1 Å². The van der Waals surface area contributed by atoms with Gasteiger partial charge in [0, 0.05) is 0 Å². The van der Waals surface area contributed by atoms with Crippen molar-refractivity contribution >= 4 is 17.5 Å². The van der Waals surface area contributed by atoms with E-state index in [0.717, 1.165) is 31.5 Å². The Hall–Kier alpha value is -2.73. The average molecular weight is 382 g/mol. The van der Waals surface area contributed by atoms with Crippen LogP contribution in [0, 0.1) is 5.82 Å². The van der Waals surface area contributed by atoms with Crippen molar-refractivity contribution in [2.24, 2.45) is 0 Å². The maximum absolute atomic E-state index is 13.1. The molecule has 1 atom stereocenters. The molecule has 6 heteroatoms. The van der Waals surface area contributed by atoms with Crippen LogP contribution in [0.4, 0.5) is 10.1 Å². The lowest BCUT2D eigenvalue weighted by Gasteiger charge is -2.35. The molecule has 2 fully saturated rings. The molecule has 0 saturated carbocycles. The molecule has 0 aliphatic carbocycles. The van der Waals surface area contributed by atoms with Crippen LogP contribution < -0.4 is 9.64 Å². The lowest BCUT2D eigenvalue weighted by molar-refractivity contribution is -0.123. The molecule has 0 spiro atoms. The molecule has 2 aromatic carbocycles. The Morgan fingerprint density at radius 2 is 1.61 bits per heavy atom. The Morgan fingerprint density at radius 1 is 0.964 bits per heavy atom. The minimum Gasteiger partial charge on any atom is -0.497 e. The van der Waals surface area contributed by atoms with Gasteiger partial charge in [0.05, 0.1) is 25.3 Å². The molecule has 0 N–H and O–H groups in total. The molecule has 2 aromatic rings. The van der Waals surface area contributed by atoms with E-state index in [1.165, 1.54) is 17.0 Å². The van der Waals surface area contributed by atoms with E-state index in [0.29, 0.717) is 17.4 Å². The quantitative estimate of drug-likeness (QED) is 0.761. The first-order valence-electron chi connectivity index (χ1n) is 9.57. The maximum Gasteiger partial charge on any atom is 0.251 e. The van der Waals surface area contributed by atoms with Gasteiger partial charge in [0.2, 0.25) is 5.91 Å². The van der Waals surface area contributed by atoms with E-state index in [1.54, 1.807) is 31.4 Å². The van der Waals surface area contributed by atoms with Gasteiger partial charge in [-0.2, -0.15) is 0 Å². The third-order valence-corrected chi connectivity index (χ3v) is 5.77. The van der Waals surface area contributed by atoms with Crippen molar-refractivity contribution in [2.75, 3.05) is 25.1 Å². The second kappa shape index (κ2) is 7.72. The van der Waals surface area contributed by atoms with Crippen molar-refractivity contribution in [3.63, 3.8) is 0 Å². The summed E-state index contributed by atoms with van der Waals surface area (Å²) in [6.45, 7) is 1.50. The second-order valence-electron chi connectivity index (χ2n) is 7.35. The number of piperidine rings is 1. The van der Waals surface area contributed by atoms with Crippen LogP contribution in [-0.2, 0) is 9.59 Å². The number of rotatable bonds is 4. The van der Waals surface area contributed by atoms with Crippen molar-refractivity contribution in [2.45, 2.75) is 31.2 Å². The number of carbonyl (C=O) groups is 2. The van der Waals surface area contributed by atoms with Crippen molar-refractivity contribution in [3.8, 4) is 5.75 Å². The number of hydrogen-bond acceptors (Lipinski definition) is 4. The third-order valence-electron chi connectivity index (χ3n) is 5.77. The summed E-state index contributed by atoms with van der Waals surface area (Å²) >= 11 is 0. The standard InChI is InChI=1S/C22H23FN2O3/c1-28-19-8-6-18(7-9-19)25-21(26)14-20(22(25)27)24-12-10-16(11-13-24)15-2-4-17(23)5-3-15/h2-9,16,20H,10-14H2,1H3. The molecule has 0 aromatic heterocycles. The van der Waals surface area contributed by atoms with Crippen LogP contribution in [0.1, 0.15) is 30.7 Å². The number of carbonyl (C=O) groups excluding carboxylic acids is 2. The summed E-state index contributed by atoms with van der Waals surface area (Å²) in [5.41, 5.74) is 1.72. The first kappa shape index (κ1) is 18.6. The number of anilines is 1. The number of methoxy groups -OCH3 is 1. The minimum atomic E-state index is -0.399. The predicted octanol–water partition coefficient (Wildman–Crippen LogP) is 3.35. The zero-order chi connectivity index (χ0) is 19.7. The zero-order valence-electron chi connectivity index (χ0n) is 15.8. The highest BCUT2D eigenvalue weighted by Crippen LogP contribution is 2.32. The molecule has 4 rings (SSSR count). The summed E-state index contributed by atoms with van der Waals surface area (Å²) < 4.78 is 18.3. The van der Waals surface area contributed by atoms with Crippen LogP contribution in [0.25, 0.3) is 0 Å². The Balaban J connectivity index is 1.42. The number of amides is 2. The highest BCUT2D eigenvalue weighted by Gasteiger charge is 2.43. The van der Waals surface area contributed by atoms with Crippen molar-refractivity contribution in [3.05, 3.63) is 59.9 Å². The average Bonchev–Trinajstić information content (AvgIpc) is 3.03. The van der Waals surface area contributed by atoms with E-state index in [9.17, 15) is 14.0 Å². The van der Waals surface area contributed by atoms with Gasteiger partial charge in [-0.3, -0.25) is 14.5 Å². The topological polar surface area (TPSA) is 49.9 Å². The number of likely N-dealkylation sites (tertiary alicyclic amines) is 1. The van der Waals surface area contributed by atoms with Crippen LogP contribution in [0.5, 0.6) is 5.75 Å².